The highest BCUT2D eigenvalue weighted by atomic mass is 16.6. The van der Waals surface area contributed by atoms with E-state index in [2.05, 4.69) is 17.2 Å². The van der Waals surface area contributed by atoms with Crippen LogP contribution in [0.4, 0.5) is 5.69 Å². The molecule has 0 bridgehead atoms. The highest BCUT2D eigenvalue weighted by Gasteiger charge is 2.11. The van der Waals surface area contributed by atoms with E-state index in [4.69, 9.17) is 15.2 Å². The standard InChI is InChI=1S/C12H17N3O2/c1-2-5-14-12(13)15-9-3-4-10-11(8-9)17-7-6-16-10/h3-4,8H,2,5-7H2,1H3,(H3,13,14,15). The molecule has 1 aliphatic rings. The summed E-state index contributed by atoms with van der Waals surface area (Å²) in [4.78, 5) is 4.16. The van der Waals surface area contributed by atoms with E-state index in [-0.39, 0.29) is 0 Å². The number of rotatable bonds is 3. The number of nitrogens with one attached hydrogen (secondary N) is 1. The largest absolute Gasteiger partial charge is 0.486 e. The van der Waals surface area contributed by atoms with Crippen LogP contribution in [0.25, 0.3) is 0 Å². The van der Waals surface area contributed by atoms with Crippen LogP contribution in [-0.4, -0.2) is 25.7 Å². The zero-order valence-corrected chi connectivity index (χ0v) is 9.90. The van der Waals surface area contributed by atoms with Gasteiger partial charge in [-0.2, -0.15) is 0 Å². The zero-order valence-electron chi connectivity index (χ0n) is 9.90. The number of ether oxygens (including phenoxy) is 2. The Labute approximate surface area is 101 Å². The summed E-state index contributed by atoms with van der Waals surface area (Å²) in [7, 11) is 0. The Bertz CT molecular complexity index is 418. The van der Waals surface area contributed by atoms with Gasteiger partial charge in [-0.1, -0.05) is 6.92 Å². The van der Waals surface area contributed by atoms with Gasteiger partial charge < -0.3 is 20.5 Å². The number of anilines is 1. The molecule has 0 amide bonds. The summed E-state index contributed by atoms with van der Waals surface area (Å²) in [6, 6.07) is 5.62. The van der Waals surface area contributed by atoms with E-state index < -0.39 is 0 Å². The molecule has 1 aromatic rings. The summed E-state index contributed by atoms with van der Waals surface area (Å²) in [5.74, 6) is 1.93. The van der Waals surface area contributed by atoms with Crippen molar-refractivity contribution in [1.82, 2.24) is 0 Å². The maximum atomic E-state index is 5.73. The molecule has 3 N–H and O–H groups in total. The predicted octanol–water partition coefficient (Wildman–Crippen LogP) is 1.59. The van der Waals surface area contributed by atoms with Crippen molar-refractivity contribution in [3.8, 4) is 11.5 Å². The van der Waals surface area contributed by atoms with E-state index in [9.17, 15) is 0 Å². The minimum Gasteiger partial charge on any atom is -0.486 e. The molecule has 0 saturated heterocycles. The van der Waals surface area contributed by atoms with E-state index in [1.54, 1.807) is 0 Å². The first kappa shape index (κ1) is 11.6. The molecule has 1 heterocycles. The number of fused-ring (bicyclic) bond motifs is 1. The van der Waals surface area contributed by atoms with Gasteiger partial charge in [-0.25, -0.2) is 0 Å². The molecule has 0 saturated carbocycles. The molecule has 0 spiro atoms. The summed E-state index contributed by atoms with van der Waals surface area (Å²) in [5, 5.41) is 3.02. The van der Waals surface area contributed by atoms with Crippen molar-refractivity contribution < 1.29 is 9.47 Å². The van der Waals surface area contributed by atoms with Crippen LogP contribution in [0.3, 0.4) is 0 Å². The highest BCUT2D eigenvalue weighted by Crippen LogP contribution is 2.32. The number of nitrogens with two attached hydrogens (primary N) is 1. The molecule has 1 aliphatic heterocycles. The van der Waals surface area contributed by atoms with Crippen LogP contribution in [0.2, 0.25) is 0 Å². The van der Waals surface area contributed by atoms with Crippen molar-refractivity contribution in [3.63, 3.8) is 0 Å². The van der Waals surface area contributed by atoms with Gasteiger partial charge in [0.25, 0.3) is 0 Å². The number of guanidine groups is 1. The Hall–Kier alpha value is -1.91. The van der Waals surface area contributed by atoms with Crippen LogP contribution in [0, 0.1) is 0 Å². The lowest BCUT2D eigenvalue weighted by atomic mass is 10.2. The highest BCUT2D eigenvalue weighted by molar-refractivity contribution is 5.92. The Morgan fingerprint density at radius 3 is 2.88 bits per heavy atom. The number of benzene rings is 1. The van der Waals surface area contributed by atoms with Gasteiger partial charge in [0.05, 0.1) is 0 Å². The summed E-state index contributed by atoms with van der Waals surface area (Å²) >= 11 is 0. The van der Waals surface area contributed by atoms with Crippen LogP contribution in [0.15, 0.2) is 23.2 Å². The van der Waals surface area contributed by atoms with E-state index in [1.165, 1.54) is 0 Å². The van der Waals surface area contributed by atoms with Crippen molar-refractivity contribution in [3.05, 3.63) is 18.2 Å². The van der Waals surface area contributed by atoms with E-state index in [0.29, 0.717) is 19.2 Å². The Balaban J connectivity index is 2.06. The van der Waals surface area contributed by atoms with E-state index in [1.807, 2.05) is 18.2 Å². The van der Waals surface area contributed by atoms with Gasteiger partial charge in [-0.3, -0.25) is 4.99 Å². The Morgan fingerprint density at radius 2 is 2.12 bits per heavy atom. The smallest absolute Gasteiger partial charge is 0.193 e. The maximum absolute atomic E-state index is 5.73. The second-order valence-corrected chi connectivity index (χ2v) is 3.75. The third-order valence-electron chi connectivity index (χ3n) is 2.32. The summed E-state index contributed by atoms with van der Waals surface area (Å²) in [5.41, 5.74) is 6.59. The minimum absolute atomic E-state index is 0.420. The Kier molecular flexibility index (Phi) is 3.69. The van der Waals surface area contributed by atoms with Crippen LogP contribution in [0.5, 0.6) is 11.5 Å². The lowest BCUT2D eigenvalue weighted by Gasteiger charge is -2.19. The van der Waals surface area contributed by atoms with Gasteiger partial charge in [0.15, 0.2) is 17.5 Å². The van der Waals surface area contributed by atoms with Crippen LogP contribution < -0.4 is 20.5 Å². The number of hydrogen-bond donors (Lipinski definition) is 2. The molecule has 0 aromatic heterocycles. The van der Waals surface area contributed by atoms with Gasteiger partial charge in [0.1, 0.15) is 13.2 Å². The van der Waals surface area contributed by atoms with E-state index >= 15 is 0 Å². The Morgan fingerprint density at radius 1 is 1.35 bits per heavy atom. The van der Waals surface area contributed by atoms with Crippen LogP contribution >= 0.6 is 0 Å². The normalized spacial score (nSPS) is 14.5. The van der Waals surface area contributed by atoms with Crippen LogP contribution in [-0.2, 0) is 0 Å². The van der Waals surface area contributed by atoms with E-state index in [0.717, 1.165) is 30.2 Å². The fraction of sp³-hybridized carbons (Fsp3) is 0.417. The second kappa shape index (κ2) is 5.43. The second-order valence-electron chi connectivity index (χ2n) is 3.75. The number of hydrogen-bond acceptors (Lipinski definition) is 3. The zero-order chi connectivity index (χ0) is 12.1. The quantitative estimate of drug-likeness (QED) is 0.616. The summed E-state index contributed by atoms with van der Waals surface area (Å²) in [6.45, 7) is 3.96. The monoisotopic (exact) mass is 235 g/mol. The van der Waals surface area contributed by atoms with Crippen molar-refractivity contribution in [1.29, 1.82) is 0 Å². The van der Waals surface area contributed by atoms with Gasteiger partial charge in [-0.15, -0.1) is 0 Å². The minimum atomic E-state index is 0.420. The topological polar surface area (TPSA) is 68.9 Å². The fourth-order valence-corrected chi connectivity index (χ4v) is 1.54. The molecule has 92 valence electrons. The molecule has 0 radical (unpaired) electrons. The first-order valence-electron chi connectivity index (χ1n) is 5.76. The SMILES string of the molecule is CCCN=C(N)Nc1ccc2c(c1)OCCO2. The molecule has 0 aliphatic carbocycles. The summed E-state index contributed by atoms with van der Waals surface area (Å²) in [6.07, 6.45) is 0.976. The number of nitrogens with zero attached hydrogens (tertiary/aromatic N) is 1. The molecule has 2 rings (SSSR count). The first-order valence-corrected chi connectivity index (χ1v) is 5.76. The van der Waals surface area contributed by atoms with Gasteiger partial charge in [-0.05, 0) is 18.6 Å². The summed E-state index contributed by atoms with van der Waals surface area (Å²) < 4.78 is 10.9. The van der Waals surface area contributed by atoms with Gasteiger partial charge in [0.2, 0.25) is 0 Å². The molecular formula is C12H17N3O2. The lowest BCUT2D eigenvalue weighted by Crippen LogP contribution is -2.23. The lowest BCUT2D eigenvalue weighted by molar-refractivity contribution is 0.171. The molecule has 0 atom stereocenters. The van der Waals surface area contributed by atoms with Crippen molar-refractivity contribution in [2.75, 3.05) is 25.1 Å². The molecule has 1 aromatic carbocycles. The van der Waals surface area contributed by atoms with Crippen molar-refractivity contribution in [2.24, 2.45) is 10.7 Å². The van der Waals surface area contributed by atoms with Crippen LogP contribution in [0.1, 0.15) is 13.3 Å². The molecular weight excluding hydrogens is 218 g/mol. The maximum Gasteiger partial charge on any atom is 0.193 e. The predicted molar refractivity (Wildman–Crippen MR) is 67.8 cm³/mol. The average molecular weight is 235 g/mol. The van der Waals surface area contributed by atoms with Gasteiger partial charge >= 0.3 is 0 Å². The molecule has 5 nitrogen and oxygen atoms in total. The van der Waals surface area contributed by atoms with Crippen molar-refractivity contribution >= 4 is 11.6 Å². The molecule has 5 heteroatoms. The third-order valence-corrected chi connectivity index (χ3v) is 2.32. The average Bonchev–Trinajstić information content (AvgIpc) is 2.36. The molecule has 17 heavy (non-hydrogen) atoms. The molecule has 0 unspecified atom stereocenters. The molecule has 0 fully saturated rings. The fourth-order valence-electron chi connectivity index (χ4n) is 1.54. The number of aliphatic imine (C=N–C) groups is 1. The first-order chi connectivity index (χ1) is 8.29. The van der Waals surface area contributed by atoms with Gasteiger partial charge in [0, 0.05) is 18.3 Å². The third kappa shape index (κ3) is 3.03. The van der Waals surface area contributed by atoms with Crippen molar-refractivity contribution in [2.45, 2.75) is 13.3 Å².